The van der Waals surface area contributed by atoms with Gasteiger partial charge in [0.15, 0.2) is 0 Å². The summed E-state index contributed by atoms with van der Waals surface area (Å²) in [6.07, 6.45) is 4.23. The molecule has 1 aromatic rings. The second-order valence-corrected chi connectivity index (χ2v) is 4.76. The number of hydrogen-bond acceptors (Lipinski definition) is 4. The topological polar surface area (TPSA) is 51.1 Å². The van der Waals surface area contributed by atoms with E-state index in [0.29, 0.717) is 6.54 Å². The number of nitrogens with zero attached hydrogens (tertiary/aromatic N) is 2. The molecule has 4 heteroatoms. The molecular weight excluding hydrogens is 224 g/mol. The molecule has 2 unspecified atom stereocenters. The van der Waals surface area contributed by atoms with Crippen LogP contribution in [-0.4, -0.2) is 17.7 Å². The van der Waals surface area contributed by atoms with E-state index in [1.807, 2.05) is 12.3 Å². The summed E-state index contributed by atoms with van der Waals surface area (Å²) in [6, 6.07) is 10.7. The van der Waals surface area contributed by atoms with Gasteiger partial charge in [0.2, 0.25) is 0 Å². The Morgan fingerprint density at radius 1 is 1.33 bits per heavy atom. The zero-order valence-corrected chi connectivity index (χ0v) is 9.72. The van der Waals surface area contributed by atoms with E-state index in [4.69, 9.17) is 5.26 Å². The lowest BCUT2D eigenvalue weighted by atomic mass is 10.1. The molecule has 18 heavy (non-hydrogen) atoms. The van der Waals surface area contributed by atoms with E-state index in [2.05, 4.69) is 46.1 Å². The van der Waals surface area contributed by atoms with E-state index in [-0.39, 0.29) is 12.1 Å². The van der Waals surface area contributed by atoms with Crippen molar-refractivity contribution in [2.45, 2.75) is 6.17 Å². The Morgan fingerprint density at radius 3 is 3.11 bits per heavy atom. The van der Waals surface area contributed by atoms with Crippen molar-refractivity contribution in [1.82, 2.24) is 15.8 Å². The number of nitriles is 1. The molecule has 3 aliphatic rings. The van der Waals surface area contributed by atoms with Crippen LogP contribution in [0.4, 0.5) is 0 Å². The summed E-state index contributed by atoms with van der Waals surface area (Å²) in [5, 5.41) is 17.0. The predicted octanol–water partition coefficient (Wildman–Crippen LogP) is -0.638. The number of nitrogens with one attached hydrogen (secondary N) is 2. The zero-order chi connectivity index (χ0) is 12.1. The number of hydrazine groups is 1. The average molecular weight is 236 g/mol. The van der Waals surface area contributed by atoms with E-state index in [0.717, 1.165) is 0 Å². The van der Waals surface area contributed by atoms with Gasteiger partial charge in [0, 0.05) is 23.5 Å². The number of fused-ring (bicyclic) bond motifs is 4. The lowest BCUT2D eigenvalue weighted by Gasteiger charge is -2.33. The fourth-order valence-corrected chi connectivity index (χ4v) is 2.90. The molecule has 2 heterocycles. The number of benzene rings is 1. The summed E-state index contributed by atoms with van der Waals surface area (Å²) in [7, 11) is 0. The number of hydrogen-bond donors (Lipinski definition) is 2. The van der Waals surface area contributed by atoms with Gasteiger partial charge in [-0.25, -0.2) is 5.43 Å². The standard InChI is InChI=1S/C14H12N4/c15-6-11-8-17-18-13-10(7-16-14(11)18)5-9-3-1-2-4-12(9)13/h1-5,7,11,14,16-17H,8H2. The smallest absolute Gasteiger partial charge is 0.131 e. The molecule has 0 spiro atoms. The van der Waals surface area contributed by atoms with Crippen LogP contribution in [0.25, 0.3) is 11.8 Å². The highest BCUT2D eigenvalue weighted by molar-refractivity contribution is 5.81. The van der Waals surface area contributed by atoms with Crippen molar-refractivity contribution < 1.29 is 0 Å². The van der Waals surface area contributed by atoms with Crippen molar-refractivity contribution in [3.8, 4) is 6.07 Å². The van der Waals surface area contributed by atoms with Gasteiger partial charge >= 0.3 is 0 Å². The number of rotatable bonds is 0. The maximum Gasteiger partial charge on any atom is 0.131 e. The molecular formula is C14H12N4. The van der Waals surface area contributed by atoms with Crippen molar-refractivity contribution in [2.75, 3.05) is 6.54 Å². The monoisotopic (exact) mass is 236 g/mol. The predicted molar refractivity (Wildman–Crippen MR) is 67.5 cm³/mol. The minimum atomic E-state index is -0.0249. The van der Waals surface area contributed by atoms with Gasteiger partial charge in [-0.3, -0.25) is 5.01 Å². The van der Waals surface area contributed by atoms with Crippen molar-refractivity contribution in [1.29, 1.82) is 5.26 Å². The summed E-state index contributed by atoms with van der Waals surface area (Å²) in [5.74, 6) is -0.0249. The van der Waals surface area contributed by atoms with Gasteiger partial charge in [0.05, 0.1) is 11.8 Å². The largest absolute Gasteiger partial charge is 0.368 e. The molecule has 4 nitrogen and oxygen atoms in total. The Kier molecular flexibility index (Phi) is 1.83. The van der Waals surface area contributed by atoms with E-state index < -0.39 is 0 Å². The van der Waals surface area contributed by atoms with Crippen LogP contribution in [0, 0.1) is 17.2 Å². The fourth-order valence-electron chi connectivity index (χ4n) is 2.90. The van der Waals surface area contributed by atoms with Gasteiger partial charge in [-0.1, -0.05) is 24.3 Å². The first-order valence-electron chi connectivity index (χ1n) is 6.08. The first kappa shape index (κ1) is 9.75. The van der Waals surface area contributed by atoms with Crippen LogP contribution in [0.2, 0.25) is 0 Å². The van der Waals surface area contributed by atoms with Crippen molar-refractivity contribution in [3.63, 3.8) is 0 Å². The highest BCUT2D eigenvalue weighted by atomic mass is 15.6. The third-order valence-corrected chi connectivity index (χ3v) is 3.76. The minimum absolute atomic E-state index is 0.0249. The molecule has 0 radical (unpaired) electrons. The van der Waals surface area contributed by atoms with Gasteiger partial charge in [0.1, 0.15) is 12.1 Å². The lowest BCUT2D eigenvalue weighted by Crippen LogP contribution is -2.49. The molecule has 1 fully saturated rings. The molecule has 0 amide bonds. The Labute approximate surface area is 104 Å². The molecule has 4 rings (SSSR count). The molecule has 1 aromatic carbocycles. The van der Waals surface area contributed by atoms with Crippen LogP contribution in [0.5, 0.6) is 0 Å². The maximum absolute atomic E-state index is 9.15. The van der Waals surface area contributed by atoms with Crippen LogP contribution in [-0.2, 0) is 0 Å². The highest BCUT2D eigenvalue weighted by Gasteiger charge is 2.39. The van der Waals surface area contributed by atoms with Gasteiger partial charge < -0.3 is 5.32 Å². The van der Waals surface area contributed by atoms with E-state index in [9.17, 15) is 0 Å². The van der Waals surface area contributed by atoms with E-state index in [1.165, 1.54) is 21.7 Å². The van der Waals surface area contributed by atoms with Crippen molar-refractivity contribution >= 4 is 11.8 Å². The lowest BCUT2D eigenvalue weighted by molar-refractivity contribution is 0.250. The van der Waals surface area contributed by atoms with Gasteiger partial charge in [-0.05, 0) is 11.3 Å². The summed E-state index contributed by atoms with van der Waals surface area (Å²) in [4.78, 5) is 0. The molecule has 2 N–H and O–H groups in total. The van der Waals surface area contributed by atoms with E-state index >= 15 is 0 Å². The van der Waals surface area contributed by atoms with Gasteiger partial charge in [-0.15, -0.1) is 0 Å². The normalized spacial score (nSPS) is 27.4. The first-order chi connectivity index (χ1) is 8.88. The molecule has 2 atom stereocenters. The second kappa shape index (κ2) is 3.37. The zero-order valence-electron chi connectivity index (χ0n) is 9.72. The molecule has 0 bridgehead atoms. The average Bonchev–Trinajstić information content (AvgIpc) is 2.98. The second-order valence-electron chi connectivity index (χ2n) is 4.76. The summed E-state index contributed by atoms with van der Waals surface area (Å²) < 4.78 is 0. The molecule has 1 saturated heterocycles. The van der Waals surface area contributed by atoms with Crippen LogP contribution >= 0.6 is 0 Å². The summed E-state index contributed by atoms with van der Waals surface area (Å²) in [5.41, 5.74) is 5.69. The third-order valence-electron chi connectivity index (χ3n) is 3.76. The van der Waals surface area contributed by atoms with Crippen LogP contribution in [0.15, 0.2) is 36.0 Å². The first-order valence-corrected chi connectivity index (χ1v) is 6.08. The van der Waals surface area contributed by atoms with Gasteiger partial charge in [0.25, 0.3) is 0 Å². The van der Waals surface area contributed by atoms with Crippen molar-refractivity contribution in [3.05, 3.63) is 46.5 Å². The fraction of sp³-hybridized carbons (Fsp3) is 0.214. The quantitative estimate of drug-likeness (QED) is 0.629. The maximum atomic E-state index is 9.15. The highest BCUT2D eigenvalue weighted by Crippen LogP contribution is 2.28. The van der Waals surface area contributed by atoms with Crippen LogP contribution < -0.4 is 21.2 Å². The Morgan fingerprint density at radius 2 is 2.22 bits per heavy atom. The summed E-state index contributed by atoms with van der Waals surface area (Å²) in [6.45, 7) is 0.695. The van der Waals surface area contributed by atoms with Gasteiger partial charge in [-0.2, -0.15) is 5.26 Å². The Balaban J connectivity index is 1.95. The van der Waals surface area contributed by atoms with Crippen LogP contribution in [0.3, 0.4) is 0 Å². The molecule has 0 saturated carbocycles. The molecule has 2 aliphatic heterocycles. The van der Waals surface area contributed by atoms with Crippen molar-refractivity contribution in [2.24, 2.45) is 5.92 Å². The third kappa shape index (κ3) is 1.12. The van der Waals surface area contributed by atoms with Crippen LogP contribution in [0.1, 0.15) is 0 Å². The Bertz CT molecular complexity index is 710. The molecule has 1 aliphatic carbocycles. The minimum Gasteiger partial charge on any atom is -0.368 e. The Hall–Kier alpha value is -2.25. The molecule has 88 valence electrons. The van der Waals surface area contributed by atoms with E-state index in [1.54, 1.807) is 0 Å². The molecule has 0 aromatic heterocycles. The summed E-state index contributed by atoms with van der Waals surface area (Å²) >= 11 is 0. The SMILES string of the molecule is N#CC1CNN2C3=c4ccccc4=CC3=CNC12.